The molecule has 8 heteroatoms. The van der Waals surface area contributed by atoms with E-state index in [2.05, 4.69) is 15.9 Å². The summed E-state index contributed by atoms with van der Waals surface area (Å²) in [5, 5.41) is 9.16. The third-order valence-corrected chi connectivity index (χ3v) is 7.81. The number of hydrogen-bond acceptors (Lipinski definition) is 4. The molecule has 0 amide bonds. The zero-order valence-corrected chi connectivity index (χ0v) is 16.9. The molecule has 138 valence electrons. The Balaban J connectivity index is 2.11. The summed E-state index contributed by atoms with van der Waals surface area (Å²) in [6.45, 7) is -0.194. The maximum Gasteiger partial charge on any atom is 0.314 e. The summed E-state index contributed by atoms with van der Waals surface area (Å²) in [4.78, 5) is 12.1. The van der Waals surface area contributed by atoms with Gasteiger partial charge < -0.3 is 9.84 Å². The lowest BCUT2D eigenvalue weighted by Crippen LogP contribution is -2.28. The van der Waals surface area contributed by atoms with E-state index in [0.717, 1.165) is 4.47 Å². The second kappa shape index (κ2) is 6.96. The van der Waals surface area contributed by atoms with Gasteiger partial charge in [0, 0.05) is 22.5 Å². The molecule has 1 fully saturated rings. The van der Waals surface area contributed by atoms with Gasteiger partial charge in [0.05, 0.1) is 16.8 Å². The lowest BCUT2D eigenvalue weighted by Gasteiger charge is -2.12. The summed E-state index contributed by atoms with van der Waals surface area (Å²) in [7, 11) is -2.53. The van der Waals surface area contributed by atoms with Crippen LogP contribution in [0.2, 0.25) is 5.02 Å². The van der Waals surface area contributed by atoms with E-state index in [0.29, 0.717) is 10.6 Å². The molecule has 5 nitrogen and oxygen atoms in total. The fourth-order valence-electron chi connectivity index (χ4n) is 3.50. The van der Waals surface area contributed by atoms with E-state index < -0.39 is 32.4 Å². The molecule has 0 aromatic heterocycles. The van der Waals surface area contributed by atoms with E-state index in [1.165, 1.54) is 31.4 Å². The van der Waals surface area contributed by atoms with Crippen molar-refractivity contribution >= 4 is 43.3 Å². The van der Waals surface area contributed by atoms with Crippen LogP contribution in [0.1, 0.15) is 11.5 Å². The van der Waals surface area contributed by atoms with Crippen LogP contribution in [0, 0.1) is 5.41 Å². The Morgan fingerprint density at radius 2 is 1.77 bits per heavy atom. The Morgan fingerprint density at radius 1 is 1.19 bits per heavy atom. The van der Waals surface area contributed by atoms with Gasteiger partial charge in [-0.1, -0.05) is 39.7 Å². The standard InChI is InChI=1S/C18H16BrClO5S/c1-25-10-18(17(21)22)15(11-2-4-12(19)5-3-11)16(18)26(23,24)14-8-6-13(20)7-9-14/h2-9,15-16H,10H2,1H3,(H,21,22)/t15-,16-,18-/m0/s1. The molecule has 0 heterocycles. The van der Waals surface area contributed by atoms with Crippen LogP contribution in [0.4, 0.5) is 0 Å². The first-order valence-corrected chi connectivity index (χ1v) is 10.4. The van der Waals surface area contributed by atoms with Crippen molar-refractivity contribution in [3.8, 4) is 0 Å². The van der Waals surface area contributed by atoms with E-state index in [4.69, 9.17) is 16.3 Å². The minimum atomic E-state index is -3.90. The largest absolute Gasteiger partial charge is 0.481 e. The van der Waals surface area contributed by atoms with Gasteiger partial charge in [0.15, 0.2) is 9.84 Å². The number of carboxylic acids is 1. The summed E-state index contributed by atoms with van der Waals surface area (Å²) in [5.74, 6) is -1.89. The topological polar surface area (TPSA) is 80.7 Å². The lowest BCUT2D eigenvalue weighted by atomic mass is 10.0. The summed E-state index contributed by atoms with van der Waals surface area (Å²) >= 11 is 9.17. The van der Waals surface area contributed by atoms with Crippen molar-refractivity contribution in [1.82, 2.24) is 0 Å². The first kappa shape index (κ1) is 19.4. The van der Waals surface area contributed by atoms with Crippen molar-refractivity contribution in [2.45, 2.75) is 16.1 Å². The van der Waals surface area contributed by atoms with Gasteiger partial charge in [-0.3, -0.25) is 4.79 Å². The number of methoxy groups -OCH3 is 1. The van der Waals surface area contributed by atoms with Gasteiger partial charge in [0.2, 0.25) is 0 Å². The molecule has 0 spiro atoms. The summed E-state index contributed by atoms with van der Waals surface area (Å²) in [6.07, 6.45) is 0. The van der Waals surface area contributed by atoms with Crippen molar-refractivity contribution in [3.05, 3.63) is 63.6 Å². The van der Waals surface area contributed by atoms with Gasteiger partial charge in [-0.2, -0.15) is 0 Å². The van der Waals surface area contributed by atoms with E-state index >= 15 is 0 Å². The highest BCUT2D eigenvalue weighted by molar-refractivity contribution is 9.10. The molecule has 2 aromatic rings. The minimum absolute atomic E-state index is 0.0493. The SMILES string of the molecule is COC[C@]1(C(=O)O)[C@@H](c2ccc(Br)cc2)[C@@H]1S(=O)(=O)c1ccc(Cl)cc1. The van der Waals surface area contributed by atoms with Crippen LogP contribution in [0.5, 0.6) is 0 Å². The smallest absolute Gasteiger partial charge is 0.314 e. The Hall–Kier alpha value is -1.41. The molecule has 1 N–H and O–H groups in total. The summed E-state index contributed by atoms with van der Waals surface area (Å²) in [5.41, 5.74) is -0.878. The van der Waals surface area contributed by atoms with E-state index in [9.17, 15) is 18.3 Å². The van der Waals surface area contributed by atoms with Crippen LogP contribution in [-0.4, -0.2) is 38.5 Å². The van der Waals surface area contributed by atoms with Gasteiger partial charge in [0.1, 0.15) is 5.41 Å². The monoisotopic (exact) mass is 458 g/mol. The molecule has 3 rings (SSSR count). The normalized spacial score (nSPS) is 25.0. The third kappa shape index (κ3) is 3.07. The molecule has 26 heavy (non-hydrogen) atoms. The fraction of sp³-hybridized carbons (Fsp3) is 0.278. The third-order valence-electron chi connectivity index (χ3n) is 4.74. The molecule has 1 saturated carbocycles. The second-order valence-corrected chi connectivity index (χ2v) is 9.65. The molecule has 0 saturated heterocycles. The highest BCUT2D eigenvalue weighted by atomic mass is 79.9. The number of halogens is 2. The maximum atomic E-state index is 13.2. The highest BCUT2D eigenvalue weighted by Gasteiger charge is 2.76. The first-order chi connectivity index (χ1) is 12.2. The number of rotatable bonds is 6. The fourth-order valence-corrected chi connectivity index (χ4v) is 6.25. The van der Waals surface area contributed by atoms with Crippen LogP contribution in [0.25, 0.3) is 0 Å². The molecular weight excluding hydrogens is 444 g/mol. The van der Waals surface area contributed by atoms with Crippen LogP contribution < -0.4 is 0 Å². The van der Waals surface area contributed by atoms with Crippen LogP contribution in [-0.2, 0) is 19.4 Å². The molecule has 1 aliphatic carbocycles. The molecule has 0 radical (unpaired) electrons. The van der Waals surface area contributed by atoms with Crippen LogP contribution >= 0.6 is 27.5 Å². The maximum absolute atomic E-state index is 13.2. The molecule has 3 atom stereocenters. The molecule has 0 bridgehead atoms. The molecular formula is C18H16BrClO5S. The van der Waals surface area contributed by atoms with E-state index in [1.54, 1.807) is 24.3 Å². The van der Waals surface area contributed by atoms with E-state index in [1.807, 2.05) is 0 Å². The highest BCUT2D eigenvalue weighted by Crippen LogP contribution is 2.64. The Labute approximate surface area is 165 Å². The van der Waals surface area contributed by atoms with Gasteiger partial charge in [-0.25, -0.2) is 8.42 Å². The molecule has 0 aliphatic heterocycles. The van der Waals surface area contributed by atoms with Crippen molar-refractivity contribution < 1.29 is 23.1 Å². The average Bonchev–Trinajstić information content (AvgIpc) is 3.27. The summed E-state index contributed by atoms with van der Waals surface area (Å²) < 4.78 is 32.3. The van der Waals surface area contributed by atoms with E-state index in [-0.39, 0.29) is 11.5 Å². The summed E-state index contributed by atoms with van der Waals surface area (Å²) in [6, 6.07) is 12.7. The molecule has 1 aliphatic rings. The Bertz CT molecular complexity index is 927. The van der Waals surface area contributed by atoms with Crippen LogP contribution in [0.3, 0.4) is 0 Å². The number of hydrogen-bond donors (Lipinski definition) is 1. The number of ether oxygens (including phenoxy) is 1. The Kier molecular flexibility index (Phi) is 5.18. The number of carboxylic acid groups (broad SMARTS) is 1. The lowest BCUT2D eigenvalue weighted by molar-refractivity contribution is -0.145. The zero-order chi connectivity index (χ0) is 19.1. The zero-order valence-electron chi connectivity index (χ0n) is 13.7. The second-order valence-electron chi connectivity index (χ2n) is 6.23. The molecule has 0 unspecified atom stereocenters. The quantitative estimate of drug-likeness (QED) is 0.711. The van der Waals surface area contributed by atoms with Crippen molar-refractivity contribution in [2.24, 2.45) is 5.41 Å². The number of aliphatic carboxylic acids is 1. The van der Waals surface area contributed by atoms with Gasteiger partial charge in [0.25, 0.3) is 0 Å². The predicted octanol–water partition coefficient (Wildman–Crippen LogP) is 3.76. The van der Waals surface area contributed by atoms with Gasteiger partial charge >= 0.3 is 5.97 Å². The minimum Gasteiger partial charge on any atom is -0.481 e. The van der Waals surface area contributed by atoms with Crippen molar-refractivity contribution in [1.29, 1.82) is 0 Å². The predicted molar refractivity (Wildman–Crippen MR) is 101 cm³/mol. The van der Waals surface area contributed by atoms with Crippen LogP contribution in [0.15, 0.2) is 57.9 Å². The Morgan fingerprint density at radius 3 is 2.27 bits per heavy atom. The molecule has 2 aromatic carbocycles. The number of sulfone groups is 1. The average molecular weight is 460 g/mol. The van der Waals surface area contributed by atoms with Crippen molar-refractivity contribution in [2.75, 3.05) is 13.7 Å². The van der Waals surface area contributed by atoms with Gasteiger partial charge in [-0.05, 0) is 42.0 Å². The first-order valence-electron chi connectivity index (χ1n) is 7.72. The number of carbonyl (C=O) groups is 1. The van der Waals surface area contributed by atoms with Gasteiger partial charge in [-0.15, -0.1) is 0 Å². The van der Waals surface area contributed by atoms with Crippen molar-refractivity contribution in [3.63, 3.8) is 0 Å². The number of benzene rings is 2.